The third-order valence-corrected chi connectivity index (χ3v) is 11.3. The van der Waals surface area contributed by atoms with Gasteiger partial charge in [0.2, 0.25) is 5.95 Å². The first-order valence-electron chi connectivity index (χ1n) is 16.8. The highest BCUT2D eigenvalue weighted by molar-refractivity contribution is 7.27. The molecule has 0 bridgehead atoms. The average Bonchev–Trinajstić information content (AvgIpc) is 3.91. The summed E-state index contributed by atoms with van der Waals surface area (Å²) in [5.41, 5.74) is 8.99. The molecule has 5 nitrogen and oxygen atoms in total. The maximum Gasteiger partial charge on any atom is 0.236 e. The van der Waals surface area contributed by atoms with Gasteiger partial charge in [0.05, 0.1) is 11.2 Å². The van der Waals surface area contributed by atoms with E-state index in [2.05, 4.69) is 103 Å². The van der Waals surface area contributed by atoms with Crippen LogP contribution >= 0.6 is 11.3 Å². The Hall–Kier alpha value is -6.24. The van der Waals surface area contributed by atoms with Crippen molar-refractivity contribution >= 4 is 103 Å². The molecule has 11 rings (SSSR count). The quantitative estimate of drug-likeness (QED) is 0.189. The molecule has 0 saturated heterocycles. The van der Waals surface area contributed by atoms with Gasteiger partial charge in [-0.25, -0.2) is 9.97 Å². The van der Waals surface area contributed by atoms with Gasteiger partial charge in [-0.3, -0.25) is 4.57 Å². The summed E-state index contributed by atoms with van der Waals surface area (Å²) in [6, 6.07) is 40.1. The van der Waals surface area contributed by atoms with Crippen molar-refractivity contribution in [3.8, 4) is 17.2 Å². The molecule has 0 fully saturated rings. The van der Waals surface area contributed by atoms with Crippen LogP contribution in [0, 0.1) is 6.92 Å². The van der Waals surface area contributed by atoms with Gasteiger partial charge in [0.15, 0.2) is 5.58 Å². The van der Waals surface area contributed by atoms with E-state index in [4.69, 9.17) is 18.8 Å². The van der Waals surface area contributed by atoms with Crippen molar-refractivity contribution in [2.24, 2.45) is 0 Å². The second kappa shape index (κ2) is 10.1. The topological polar surface area (TPSA) is 57.0 Å². The van der Waals surface area contributed by atoms with Crippen molar-refractivity contribution in [2.75, 3.05) is 0 Å². The van der Waals surface area contributed by atoms with E-state index >= 15 is 0 Å². The van der Waals surface area contributed by atoms with Crippen molar-refractivity contribution in [1.82, 2.24) is 14.5 Å². The van der Waals surface area contributed by atoms with Crippen LogP contribution in [0.3, 0.4) is 0 Å². The first-order valence-corrected chi connectivity index (χ1v) is 17.6. The standard InChI is InChI=1S/C44H27N3O2S/c1-3-12-32-24(2)37-27-14-4-5-15-28(27)43-38(30-17-8-11-20-36(30)50-43)41(37)47(32)44-45-39(42-40(46-44)29-16-7-10-19-34(29)49-42)25-21-22-35-31(23-25)26-13-6-9-18-33(26)48-35/h3-23H,1-2H3/b12-3-. The van der Waals surface area contributed by atoms with Gasteiger partial charge < -0.3 is 8.83 Å². The zero-order chi connectivity index (χ0) is 33.1. The molecular weight excluding hydrogens is 635 g/mol. The Bertz CT molecular complexity index is 3240. The molecule has 236 valence electrons. The molecule has 0 spiro atoms. The summed E-state index contributed by atoms with van der Waals surface area (Å²) in [4.78, 5) is 10.9. The van der Waals surface area contributed by atoms with E-state index in [9.17, 15) is 0 Å². The minimum absolute atomic E-state index is 0.606. The molecule has 0 aliphatic carbocycles. The Kier molecular flexibility index (Phi) is 5.61. The van der Waals surface area contributed by atoms with E-state index in [-0.39, 0.29) is 0 Å². The maximum absolute atomic E-state index is 6.58. The van der Waals surface area contributed by atoms with Gasteiger partial charge >= 0.3 is 0 Å². The molecule has 0 radical (unpaired) electrons. The fourth-order valence-corrected chi connectivity index (χ4v) is 9.20. The normalized spacial score (nSPS) is 12.5. The van der Waals surface area contributed by atoms with Gasteiger partial charge in [0.25, 0.3) is 0 Å². The lowest BCUT2D eigenvalue weighted by Crippen LogP contribution is -2.05. The van der Waals surface area contributed by atoms with E-state index < -0.39 is 0 Å². The van der Waals surface area contributed by atoms with Gasteiger partial charge in [-0.1, -0.05) is 78.9 Å². The molecule has 6 heteroatoms. The molecule has 50 heavy (non-hydrogen) atoms. The molecule has 5 aromatic heterocycles. The Morgan fingerprint density at radius 1 is 0.640 bits per heavy atom. The summed E-state index contributed by atoms with van der Waals surface area (Å²) in [6.07, 6.45) is 4.29. The number of hydrogen-bond acceptors (Lipinski definition) is 5. The zero-order valence-electron chi connectivity index (χ0n) is 27.2. The van der Waals surface area contributed by atoms with Gasteiger partial charge in [0.1, 0.15) is 28.0 Å². The summed E-state index contributed by atoms with van der Waals surface area (Å²) < 4.78 is 17.6. The highest BCUT2D eigenvalue weighted by atomic mass is 32.1. The molecular formula is C44H27N3O2S. The highest BCUT2D eigenvalue weighted by Gasteiger charge is 2.26. The van der Waals surface area contributed by atoms with E-state index in [0.717, 1.165) is 60.9 Å². The van der Waals surface area contributed by atoms with Crippen molar-refractivity contribution < 1.29 is 8.83 Å². The van der Waals surface area contributed by atoms with Crippen molar-refractivity contribution in [3.05, 3.63) is 133 Å². The Labute approximate surface area is 289 Å². The third-order valence-electron chi connectivity index (χ3n) is 10.1. The molecule has 0 unspecified atom stereocenters. The van der Waals surface area contributed by atoms with E-state index in [1.807, 2.05) is 53.8 Å². The number of aryl methyl sites for hydroxylation is 1. The molecule has 6 aromatic carbocycles. The minimum Gasteiger partial charge on any atom is -0.456 e. The Balaban J connectivity index is 1.33. The number of nitrogens with zero attached hydrogens (tertiary/aromatic N) is 3. The predicted octanol–water partition coefficient (Wildman–Crippen LogP) is 12.7. The number of fused-ring (bicyclic) bond motifs is 14. The largest absolute Gasteiger partial charge is 0.456 e. The summed E-state index contributed by atoms with van der Waals surface area (Å²) in [5, 5.41) is 9.25. The summed E-state index contributed by atoms with van der Waals surface area (Å²) in [6.45, 7) is 4.30. The highest BCUT2D eigenvalue weighted by Crippen LogP contribution is 2.47. The van der Waals surface area contributed by atoms with Crippen molar-refractivity contribution in [1.29, 1.82) is 0 Å². The van der Waals surface area contributed by atoms with E-state index in [1.165, 1.54) is 41.9 Å². The Morgan fingerprint density at radius 3 is 2.14 bits per heavy atom. The molecule has 0 atom stereocenters. The van der Waals surface area contributed by atoms with Gasteiger partial charge in [-0.2, -0.15) is 0 Å². The summed E-state index contributed by atoms with van der Waals surface area (Å²) in [7, 11) is 0. The number of benzene rings is 6. The maximum atomic E-state index is 6.58. The molecule has 0 aliphatic rings. The van der Waals surface area contributed by atoms with Gasteiger partial charge in [-0.05, 0) is 73.3 Å². The predicted molar refractivity (Wildman–Crippen MR) is 209 cm³/mol. The Morgan fingerprint density at radius 2 is 1.32 bits per heavy atom. The molecule has 5 heterocycles. The SMILES string of the molecule is C/C=C\c1c(C)c2c3ccccc3c3sc4ccccc4c3c2n1-c1nc(-c2ccc3oc4ccccc4c3c2)c2oc3ccccc3c2n1. The number of thiophene rings is 1. The van der Waals surface area contributed by atoms with E-state index in [0.29, 0.717) is 11.5 Å². The van der Waals surface area contributed by atoms with Crippen molar-refractivity contribution in [3.63, 3.8) is 0 Å². The lowest BCUT2D eigenvalue weighted by Gasteiger charge is -2.12. The van der Waals surface area contributed by atoms with Crippen LogP contribution in [-0.2, 0) is 0 Å². The minimum atomic E-state index is 0.606. The van der Waals surface area contributed by atoms with E-state index in [1.54, 1.807) is 0 Å². The summed E-state index contributed by atoms with van der Waals surface area (Å²) in [5.74, 6) is 0.606. The average molecular weight is 662 g/mol. The smallest absolute Gasteiger partial charge is 0.236 e. The molecule has 0 amide bonds. The molecule has 0 saturated carbocycles. The van der Waals surface area contributed by atoms with Crippen LogP contribution in [0.5, 0.6) is 0 Å². The van der Waals surface area contributed by atoms with Gasteiger partial charge in [-0.15, -0.1) is 11.3 Å². The number of rotatable bonds is 3. The second-order valence-corrected chi connectivity index (χ2v) is 13.9. The number of para-hydroxylation sites is 2. The van der Waals surface area contributed by atoms with Crippen LogP contribution in [0.25, 0.3) is 109 Å². The second-order valence-electron chi connectivity index (χ2n) is 12.9. The molecule has 11 aromatic rings. The van der Waals surface area contributed by atoms with Crippen LogP contribution in [0.2, 0.25) is 0 Å². The van der Waals surface area contributed by atoms with Gasteiger partial charge in [0, 0.05) is 52.7 Å². The summed E-state index contributed by atoms with van der Waals surface area (Å²) >= 11 is 1.85. The monoisotopic (exact) mass is 661 g/mol. The fraction of sp³-hybridized carbons (Fsp3) is 0.0455. The first kappa shape index (κ1) is 27.7. The molecule has 0 N–H and O–H groups in total. The number of allylic oxidation sites excluding steroid dienone is 1. The first-order chi connectivity index (χ1) is 24.7. The van der Waals surface area contributed by atoms with Crippen molar-refractivity contribution in [2.45, 2.75) is 13.8 Å². The van der Waals surface area contributed by atoms with Crippen LogP contribution in [0.1, 0.15) is 18.2 Å². The lowest BCUT2D eigenvalue weighted by molar-refractivity contribution is 0.666. The number of aromatic nitrogens is 3. The van der Waals surface area contributed by atoms with Crippen LogP contribution < -0.4 is 0 Å². The zero-order valence-corrected chi connectivity index (χ0v) is 28.0. The lowest BCUT2D eigenvalue weighted by atomic mass is 9.99. The third kappa shape index (κ3) is 3.66. The van der Waals surface area contributed by atoms with Crippen LogP contribution in [0.15, 0.2) is 130 Å². The number of hydrogen-bond donors (Lipinski definition) is 0. The molecule has 0 aliphatic heterocycles. The fourth-order valence-electron chi connectivity index (χ4n) is 7.95. The van der Waals surface area contributed by atoms with Crippen LogP contribution in [-0.4, -0.2) is 14.5 Å². The van der Waals surface area contributed by atoms with Crippen LogP contribution in [0.4, 0.5) is 0 Å². The number of furan rings is 2.